The molecule has 0 bridgehead atoms. The van der Waals surface area contributed by atoms with E-state index in [4.69, 9.17) is 20.0 Å². The van der Waals surface area contributed by atoms with Crippen molar-refractivity contribution in [1.29, 1.82) is 0 Å². The summed E-state index contributed by atoms with van der Waals surface area (Å²) in [4.78, 5) is 32.5. The minimum atomic E-state index is -0.889. The molecule has 1 amide bonds. The van der Waals surface area contributed by atoms with E-state index in [1.54, 1.807) is 4.90 Å². The van der Waals surface area contributed by atoms with Crippen molar-refractivity contribution in [1.82, 2.24) is 34.7 Å². The van der Waals surface area contributed by atoms with Crippen LogP contribution in [0.4, 0.5) is 0 Å². The lowest BCUT2D eigenvalue weighted by Gasteiger charge is -2.36. The summed E-state index contributed by atoms with van der Waals surface area (Å²) in [6.07, 6.45) is 2.23. The van der Waals surface area contributed by atoms with E-state index in [1.807, 2.05) is 35.0 Å². The third kappa shape index (κ3) is 6.36. The van der Waals surface area contributed by atoms with E-state index in [-0.39, 0.29) is 5.91 Å². The number of rotatable bonds is 11. The van der Waals surface area contributed by atoms with Crippen LogP contribution in [0.15, 0.2) is 140 Å². The summed E-state index contributed by atoms with van der Waals surface area (Å²) in [7, 11) is 1.36. The van der Waals surface area contributed by atoms with Crippen LogP contribution >= 0.6 is 0 Å². The topological polar surface area (TPSA) is 108 Å². The number of hydrogen-bond donors (Lipinski definition) is 0. The van der Waals surface area contributed by atoms with Crippen molar-refractivity contribution in [2.75, 3.05) is 13.7 Å². The smallest absolute Gasteiger partial charge is 0.334 e. The highest BCUT2D eigenvalue weighted by atomic mass is 16.5. The second-order valence-corrected chi connectivity index (χ2v) is 14.0. The van der Waals surface area contributed by atoms with Gasteiger partial charge in [-0.15, -0.1) is 5.10 Å². The molecule has 3 heterocycles. The number of aryl methyl sites for hydroxylation is 1. The number of benzene rings is 5. The van der Waals surface area contributed by atoms with Gasteiger partial charge in [0.1, 0.15) is 11.4 Å². The summed E-state index contributed by atoms with van der Waals surface area (Å²) < 4.78 is 9.29. The molecule has 280 valence electrons. The van der Waals surface area contributed by atoms with Crippen LogP contribution in [0.5, 0.6) is 0 Å². The van der Waals surface area contributed by atoms with E-state index in [2.05, 4.69) is 126 Å². The lowest BCUT2D eigenvalue weighted by atomic mass is 9.77. The van der Waals surface area contributed by atoms with Crippen LogP contribution < -0.4 is 0 Å². The van der Waals surface area contributed by atoms with E-state index in [9.17, 15) is 9.59 Å². The molecule has 0 saturated heterocycles. The highest BCUT2D eigenvalue weighted by molar-refractivity contribution is 5.85. The second-order valence-electron chi connectivity index (χ2n) is 14.0. The third-order valence-corrected chi connectivity index (χ3v) is 10.8. The van der Waals surface area contributed by atoms with Crippen molar-refractivity contribution in [3.05, 3.63) is 179 Å². The van der Waals surface area contributed by atoms with Gasteiger partial charge >= 0.3 is 5.97 Å². The Morgan fingerprint density at radius 1 is 0.768 bits per heavy atom. The molecule has 0 saturated carbocycles. The number of fused-ring (bicyclic) bond motifs is 1. The number of amides is 1. The van der Waals surface area contributed by atoms with E-state index < -0.39 is 17.6 Å². The molecule has 1 aliphatic rings. The number of aromatic nitrogens is 6. The highest BCUT2D eigenvalue weighted by Gasteiger charge is 2.42. The molecule has 10 heteroatoms. The summed E-state index contributed by atoms with van der Waals surface area (Å²) in [6.45, 7) is 4.52. The average Bonchev–Trinajstić information content (AvgIpc) is 3.87. The van der Waals surface area contributed by atoms with Gasteiger partial charge in [-0.2, -0.15) is 0 Å². The van der Waals surface area contributed by atoms with Crippen LogP contribution in [0.2, 0.25) is 0 Å². The molecule has 0 fully saturated rings. The minimum absolute atomic E-state index is 0.168. The second kappa shape index (κ2) is 15.6. The molecule has 10 nitrogen and oxygen atoms in total. The number of methoxy groups -OCH3 is 1. The summed E-state index contributed by atoms with van der Waals surface area (Å²) in [5.74, 6) is 0.894. The number of carbonyl (C=O) groups excluding carboxylic acids is 2. The maximum Gasteiger partial charge on any atom is 0.334 e. The fraction of sp³-hybridized carbons (Fsp3) is 0.217. The zero-order valence-electron chi connectivity index (χ0n) is 31.7. The third-order valence-electron chi connectivity index (χ3n) is 10.8. The molecule has 1 atom stereocenters. The van der Waals surface area contributed by atoms with Crippen LogP contribution in [-0.4, -0.2) is 60.2 Å². The van der Waals surface area contributed by atoms with Crippen molar-refractivity contribution < 1.29 is 14.3 Å². The SMILES string of the molecule is CCCc1nc2c(n1Cc1ccc(-c3ccccc3-c3nnnn3C(c3ccccc3)(c3ccccc3)c3ccccc3)cc1)C(C(=O)OC)N(C(C)=O)CC2. The Labute approximate surface area is 326 Å². The number of hydrogen-bond acceptors (Lipinski definition) is 7. The van der Waals surface area contributed by atoms with E-state index in [1.165, 1.54) is 14.0 Å². The molecule has 0 N–H and O–H groups in total. The van der Waals surface area contributed by atoms with Crippen molar-refractivity contribution in [2.45, 2.75) is 51.2 Å². The van der Waals surface area contributed by atoms with Gasteiger partial charge in [0, 0.05) is 38.4 Å². The first-order chi connectivity index (χ1) is 27.4. The van der Waals surface area contributed by atoms with Gasteiger partial charge in [0.2, 0.25) is 5.91 Å². The Bertz CT molecular complexity index is 2360. The summed E-state index contributed by atoms with van der Waals surface area (Å²) in [6, 6.07) is 47.0. The average molecular weight is 742 g/mol. The number of carbonyl (C=O) groups is 2. The molecule has 8 rings (SSSR count). The minimum Gasteiger partial charge on any atom is -0.467 e. The van der Waals surface area contributed by atoms with E-state index in [0.717, 1.165) is 69.0 Å². The maximum atomic E-state index is 13.2. The number of imidazole rings is 1. The molecular formula is C46H43N7O3. The zero-order chi connectivity index (χ0) is 38.6. The monoisotopic (exact) mass is 741 g/mol. The molecule has 56 heavy (non-hydrogen) atoms. The molecule has 0 spiro atoms. The number of tetrazole rings is 1. The Morgan fingerprint density at radius 2 is 1.34 bits per heavy atom. The van der Waals surface area contributed by atoms with Crippen molar-refractivity contribution in [3.8, 4) is 22.5 Å². The van der Waals surface area contributed by atoms with Gasteiger partial charge in [0.05, 0.1) is 18.5 Å². The summed E-state index contributed by atoms with van der Waals surface area (Å²) in [5.41, 5.74) is 7.68. The quantitative estimate of drug-likeness (QED) is 0.0990. The van der Waals surface area contributed by atoms with E-state index in [0.29, 0.717) is 25.3 Å². The van der Waals surface area contributed by atoms with Gasteiger partial charge in [-0.05, 0) is 50.2 Å². The molecule has 0 aliphatic carbocycles. The van der Waals surface area contributed by atoms with Gasteiger partial charge in [-0.3, -0.25) is 4.79 Å². The van der Waals surface area contributed by atoms with Crippen LogP contribution in [-0.2, 0) is 39.3 Å². The highest BCUT2D eigenvalue weighted by Crippen LogP contribution is 2.43. The van der Waals surface area contributed by atoms with E-state index >= 15 is 0 Å². The first kappa shape index (κ1) is 36.3. The predicted molar refractivity (Wildman–Crippen MR) is 214 cm³/mol. The Balaban J connectivity index is 1.21. The first-order valence-corrected chi connectivity index (χ1v) is 19.0. The fourth-order valence-electron chi connectivity index (χ4n) is 8.23. The maximum absolute atomic E-state index is 13.2. The number of nitrogens with zero attached hydrogens (tertiary/aromatic N) is 7. The standard InChI is InChI=1S/C46H43N7O3/c1-4-16-41-47-40-29-30-51(32(2)54)43(45(55)56-3)42(40)52(41)31-33-25-27-34(28-26-33)38-23-14-15-24-39(38)44-48-49-50-53(44)46(35-17-8-5-9-18-35,36-19-10-6-11-20-36)37-21-12-7-13-22-37/h5-15,17-28,43H,4,16,29-31H2,1-3H3. The lowest BCUT2D eigenvalue weighted by molar-refractivity contribution is -0.153. The Hall–Kier alpha value is -6.68. The molecule has 7 aromatic rings. The normalized spacial score (nSPS) is 14.0. The summed E-state index contributed by atoms with van der Waals surface area (Å²) >= 11 is 0. The first-order valence-electron chi connectivity index (χ1n) is 19.0. The molecule has 0 radical (unpaired) electrons. The van der Waals surface area contributed by atoms with Gasteiger partial charge < -0.3 is 14.2 Å². The largest absolute Gasteiger partial charge is 0.467 e. The molecule has 1 aliphatic heterocycles. The molecule has 1 unspecified atom stereocenters. The fourth-order valence-corrected chi connectivity index (χ4v) is 8.23. The van der Waals surface area contributed by atoms with Crippen LogP contribution in [0.1, 0.15) is 65.8 Å². The van der Waals surface area contributed by atoms with Crippen molar-refractivity contribution >= 4 is 11.9 Å². The Morgan fingerprint density at radius 3 is 1.89 bits per heavy atom. The van der Waals surface area contributed by atoms with Crippen LogP contribution in [0.25, 0.3) is 22.5 Å². The number of ether oxygens (including phenoxy) is 1. The number of esters is 1. The predicted octanol–water partition coefficient (Wildman–Crippen LogP) is 7.66. The van der Waals surface area contributed by atoms with Crippen LogP contribution in [0, 0.1) is 0 Å². The summed E-state index contributed by atoms with van der Waals surface area (Å²) in [5, 5.41) is 13.8. The Kier molecular flexibility index (Phi) is 10.1. The molecular weight excluding hydrogens is 699 g/mol. The van der Waals surface area contributed by atoms with Gasteiger partial charge in [0.15, 0.2) is 11.9 Å². The van der Waals surface area contributed by atoms with Crippen LogP contribution in [0.3, 0.4) is 0 Å². The zero-order valence-corrected chi connectivity index (χ0v) is 31.7. The van der Waals surface area contributed by atoms with Gasteiger partial charge in [-0.25, -0.2) is 14.5 Å². The van der Waals surface area contributed by atoms with Gasteiger partial charge in [-0.1, -0.05) is 146 Å². The molecule has 2 aromatic heterocycles. The molecule has 5 aromatic carbocycles. The lowest BCUT2D eigenvalue weighted by Crippen LogP contribution is -2.44. The van der Waals surface area contributed by atoms with Crippen molar-refractivity contribution in [3.63, 3.8) is 0 Å². The van der Waals surface area contributed by atoms with Gasteiger partial charge in [0.25, 0.3) is 0 Å². The van der Waals surface area contributed by atoms with Crippen molar-refractivity contribution in [2.24, 2.45) is 0 Å².